The highest BCUT2D eigenvalue weighted by molar-refractivity contribution is 14.0. The Balaban J connectivity index is 0.00000625. The molecule has 1 N–H and O–H groups in total. The predicted molar refractivity (Wildman–Crippen MR) is 116 cm³/mol. The number of amides is 1. The Morgan fingerprint density at radius 1 is 1.27 bits per heavy atom. The molecule has 0 aliphatic heterocycles. The standard InChI is InChI=1S/C18H31N5O2.HI/c1-6-19-18(22(5)14-16(24)23(7-2)8-3)21-13-15-11-10-12-20-17(15)25-9-4;/h10-12H,6-9,13-14H2,1-5H3,(H,19,21);1H. The van der Waals surface area contributed by atoms with E-state index in [0.717, 1.165) is 12.1 Å². The summed E-state index contributed by atoms with van der Waals surface area (Å²) in [6.45, 7) is 11.4. The van der Waals surface area contributed by atoms with Crippen LogP contribution < -0.4 is 10.1 Å². The van der Waals surface area contributed by atoms with Crippen LogP contribution in [0, 0.1) is 0 Å². The third kappa shape index (κ3) is 7.76. The van der Waals surface area contributed by atoms with Crippen LogP contribution in [-0.4, -0.2) is 66.5 Å². The van der Waals surface area contributed by atoms with E-state index in [1.165, 1.54) is 0 Å². The zero-order valence-corrected chi connectivity index (χ0v) is 18.8. The van der Waals surface area contributed by atoms with E-state index < -0.39 is 0 Å². The second-order valence-corrected chi connectivity index (χ2v) is 5.49. The van der Waals surface area contributed by atoms with E-state index >= 15 is 0 Å². The van der Waals surface area contributed by atoms with Gasteiger partial charge in [0.1, 0.15) is 0 Å². The zero-order valence-electron chi connectivity index (χ0n) is 16.5. The Morgan fingerprint density at radius 3 is 2.54 bits per heavy atom. The number of ether oxygens (including phenoxy) is 1. The number of likely N-dealkylation sites (N-methyl/N-ethyl adjacent to an activating group) is 2. The normalized spacial score (nSPS) is 10.7. The van der Waals surface area contributed by atoms with Gasteiger partial charge in [0.25, 0.3) is 0 Å². The highest BCUT2D eigenvalue weighted by Crippen LogP contribution is 2.15. The van der Waals surface area contributed by atoms with Crippen molar-refractivity contribution in [2.45, 2.75) is 34.2 Å². The second-order valence-electron chi connectivity index (χ2n) is 5.49. The lowest BCUT2D eigenvalue weighted by atomic mass is 10.3. The fraction of sp³-hybridized carbons (Fsp3) is 0.611. The Morgan fingerprint density at radius 2 is 1.96 bits per heavy atom. The smallest absolute Gasteiger partial charge is 0.242 e. The molecule has 0 spiro atoms. The predicted octanol–water partition coefficient (Wildman–Crippen LogP) is 2.36. The van der Waals surface area contributed by atoms with Gasteiger partial charge in [0, 0.05) is 38.4 Å². The van der Waals surface area contributed by atoms with Crippen molar-refractivity contribution < 1.29 is 9.53 Å². The van der Waals surface area contributed by atoms with Crippen molar-refractivity contribution >= 4 is 35.8 Å². The number of rotatable bonds is 9. The third-order valence-electron chi connectivity index (χ3n) is 3.72. The van der Waals surface area contributed by atoms with Crippen LogP contribution in [0.2, 0.25) is 0 Å². The molecule has 8 heteroatoms. The number of hydrogen-bond donors (Lipinski definition) is 1. The molecule has 1 rings (SSSR count). The molecule has 0 saturated carbocycles. The van der Waals surface area contributed by atoms with E-state index in [0.29, 0.717) is 44.6 Å². The van der Waals surface area contributed by atoms with Crippen molar-refractivity contribution in [2.24, 2.45) is 4.99 Å². The van der Waals surface area contributed by atoms with Gasteiger partial charge in [-0.1, -0.05) is 6.07 Å². The molecule has 7 nitrogen and oxygen atoms in total. The molecular weight excluding hydrogens is 445 g/mol. The summed E-state index contributed by atoms with van der Waals surface area (Å²) in [6.07, 6.45) is 1.71. The Labute approximate surface area is 174 Å². The fourth-order valence-electron chi connectivity index (χ4n) is 2.39. The van der Waals surface area contributed by atoms with Crippen LogP contribution in [-0.2, 0) is 11.3 Å². The fourth-order valence-corrected chi connectivity index (χ4v) is 2.39. The van der Waals surface area contributed by atoms with Crippen LogP contribution in [0.3, 0.4) is 0 Å². The summed E-state index contributed by atoms with van der Waals surface area (Å²) in [5.41, 5.74) is 0.920. The topological polar surface area (TPSA) is 70.1 Å². The molecule has 1 amide bonds. The number of nitrogens with zero attached hydrogens (tertiary/aromatic N) is 4. The average molecular weight is 477 g/mol. The summed E-state index contributed by atoms with van der Waals surface area (Å²) in [6, 6.07) is 3.82. The Kier molecular flexibility index (Phi) is 12.8. The summed E-state index contributed by atoms with van der Waals surface area (Å²) < 4.78 is 5.54. The van der Waals surface area contributed by atoms with Gasteiger partial charge in [-0.05, 0) is 33.8 Å². The van der Waals surface area contributed by atoms with Gasteiger partial charge >= 0.3 is 0 Å². The van der Waals surface area contributed by atoms with Gasteiger partial charge in [-0.15, -0.1) is 24.0 Å². The van der Waals surface area contributed by atoms with Gasteiger partial charge in [0.15, 0.2) is 5.96 Å². The molecule has 0 saturated heterocycles. The van der Waals surface area contributed by atoms with Crippen LogP contribution in [0.5, 0.6) is 5.88 Å². The minimum atomic E-state index is 0. The number of carbonyl (C=O) groups excluding carboxylic acids is 1. The Hall–Kier alpha value is -1.58. The molecule has 1 aromatic heterocycles. The largest absolute Gasteiger partial charge is 0.478 e. The molecule has 0 aliphatic rings. The maximum atomic E-state index is 12.3. The van der Waals surface area contributed by atoms with Crippen molar-refractivity contribution in [3.05, 3.63) is 23.9 Å². The van der Waals surface area contributed by atoms with Crippen molar-refractivity contribution in [1.29, 1.82) is 0 Å². The van der Waals surface area contributed by atoms with Crippen molar-refractivity contribution in [2.75, 3.05) is 39.8 Å². The van der Waals surface area contributed by atoms with E-state index in [1.54, 1.807) is 6.20 Å². The van der Waals surface area contributed by atoms with Gasteiger partial charge in [-0.2, -0.15) is 0 Å². The van der Waals surface area contributed by atoms with Crippen molar-refractivity contribution in [3.63, 3.8) is 0 Å². The lowest BCUT2D eigenvalue weighted by Gasteiger charge is -2.25. The van der Waals surface area contributed by atoms with E-state index in [4.69, 9.17) is 4.74 Å². The molecule has 0 bridgehead atoms. The van der Waals surface area contributed by atoms with Gasteiger partial charge in [-0.25, -0.2) is 9.98 Å². The van der Waals surface area contributed by atoms with E-state index in [-0.39, 0.29) is 29.9 Å². The van der Waals surface area contributed by atoms with Gasteiger partial charge in [0.2, 0.25) is 11.8 Å². The number of pyridine rings is 1. The number of aliphatic imine (C=N–C) groups is 1. The Bertz CT molecular complexity index is 564. The van der Waals surface area contributed by atoms with Gasteiger partial charge < -0.3 is 19.9 Å². The third-order valence-corrected chi connectivity index (χ3v) is 3.72. The van der Waals surface area contributed by atoms with Crippen molar-refractivity contribution in [1.82, 2.24) is 20.1 Å². The molecule has 0 fully saturated rings. The van der Waals surface area contributed by atoms with Crippen molar-refractivity contribution in [3.8, 4) is 5.88 Å². The summed E-state index contributed by atoms with van der Waals surface area (Å²) in [5.74, 6) is 1.38. The van der Waals surface area contributed by atoms with Crippen LogP contribution in [0.1, 0.15) is 33.3 Å². The number of halogens is 1. The molecular formula is C18H32IN5O2. The van der Waals surface area contributed by atoms with Crippen LogP contribution in [0.25, 0.3) is 0 Å². The molecule has 26 heavy (non-hydrogen) atoms. The molecule has 0 atom stereocenters. The summed E-state index contributed by atoms with van der Waals surface area (Å²) in [7, 11) is 1.87. The molecule has 1 aromatic rings. The van der Waals surface area contributed by atoms with Crippen LogP contribution in [0.15, 0.2) is 23.3 Å². The lowest BCUT2D eigenvalue weighted by molar-refractivity contribution is -0.131. The van der Waals surface area contributed by atoms with Gasteiger partial charge in [0.05, 0.1) is 19.7 Å². The number of aromatic nitrogens is 1. The highest BCUT2D eigenvalue weighted by atomic mass is 127. The lowest BCUT2D eigenvalue weighted by Crippen LogP contribution is -2.45. The number of nitrogens with one attached hydrogen (secondary N) is 1. The average Bonchev–Trinajstić information content (AvgIpc) is 2.61. The first kappa shape index (κ1) is 24.4. The van der Waals surface area contributed by atoms with Crippen LogP contribution >= 0.6 is 24.0 Å². The SMILES string of the molecule is CCNC(=NCc1cccnc1OCC)N(C)CC(=O)N(CC)CC.I. The number of guanidine groups is 1. The van der Waals surface area contributed by atoms with E-state index in [9.17, 15) is 4.79 Å². The molecule has 0 unspecified atom stereocenters. The first-order valence-corrected chi connectivity index (χ1v) is 8.91. The van der Waals surface area contributed by atoms with E-state index in [1.807, 2.05) is 56.7 Å². The molecule has 148 valence electrons. The highest BCUT2D eigenvalue weighted by Gasteiger charge is 2.15. The summed E-state index contributed by atoms with van der Waals surface area (Å²) in [5, 5.41) is 3.23. The molecule has 1 heterocycles. The molecule has 0 aromatic carbocycles. The number of carbonyl (C=O) groups is 1. The first-order chi connectivity index (χ1) is 12.1. The quantitative estimate of drug-likeness (QED) is 0.336. The monoisotopic (exact) mass is 477 g/mol. The molecule has 0 radical (unpaired) electrons. The first-order valence-electron chi connectivity index (χ1n) is 8.91. The molecule has 0 aliphatic carbocycles. The van der Waals surface area contributed by atoms with Gasteiger partial charge in [-0.3, -0.25) is 4.79 Å². The summed E-state index contributed by atoms with van der Waals surface area (Å²) in [4.78, 5) is 24.8. The minimum absolute atomic E-state index is 0. The minimum Gasteiger partial charge on any atom is -0.478 e. The maximum Gasteiger partial charge on any atom is 0.242 e. The van der Waals surface area contributed by atoms with Crippen LogP contribution in [0.4, 0.5) is 0 Å². The maximum absolute atomic E-state index is 12.3. The van der Waals surface area contributed by atoms with E-state index in [2.05, 4.69) is 15.3 Å². The second kappa shape index (κ2) is 13.6. The summed E-state index contributed by atoms with van der Waals surface area (Å²) >= 11 is 0. The zero-order chi connectivity index (χ0) is 18.7. The number of hydrogen-bond acceptors (Lipinski definition) is 4.